The number of allylic oxidation sites excluding steroid dienone is 2. The molecular weight excluding hydrogens is 451 g/mol. The van der Waals surface area contributed by atoms with Gasteiger partial charge in [-0.15, -0.1) is 0 Å². The number of aromatic nitrogens is 2. The lowest BCUT2D eigenvalue weighted by atomic mass is 9.92. The molecule has 3 aromatic rings. The monoisotopic (exact) mass is 486 g/mol. The third-order valence-electron chi connectivity index (χ3n) is 7.48. The van der Waals surface area contributed by atoms with E-state index in [1.165, 1.54) is 22.4 Å². The van der Waals surface area contributed by atoms with Crippen molar-refractivity contribution in [3.8, 4) is 11.4 Å². The van der Waals surface area contributed by atoms with Gasteiger partial charge in [-0.3, -0.25) is 0 Å². The lowest BCUT2D eigenvalue weighted by Crippen LogP contribution is -2.43. The van der Waals surface area contributed by atoms with Crippen LogP contribution in [0.2, 0.25) is 0 Å². The lowest BCUT2D eigenvalue weighted by Gasteiger charge is -2.43. The van der Waals surface area contributed by atoms with Crippen LogP contribution in [-0.2, 0) is 0 Å². The van der Waals surface area contributed by atoms with Gasteiger partial charge in [0.15, 0.2) is 0 Å². The van der Waals surface area contributed by atoms with E-state index in [4.69, 9.17) is 4.74 Å². The van der Waals surface area contributed by atoms with Gasteiger partial charge < -0.3 is 14.3 Å². The van der Waals surface area contributed by atoms with Crippen molar-refractivity contribution in [1.29, 1.82) is 0 Å². The largest absolute Gasteiger partial charge is 0.495 e. The van der Waals surface area contributed by atoms with Crippen LogP contribution in [0.3, 0.4) is 0 Å². The van der Waals surface area contributed by atoms with E-state index in [1.807, 2.05) is 36.1 Å². The second-order valence-electron chi connectivity index (χ2n) is 9.74. The minimum Gasteiger partial charge on any atom is -0.495 e. The Kier molecular flexibility index (Phi) is 6.97. The second-order valence-corrected chi connectivity index (χ2v) is 9.74. The Morgan fingerprint density at radius 2 is 1.94 bits per heavy atom. The molecule has 1 fully saturated rings. The van der Waals surface area contributed by atoms with Crippen LogP contribution in [0.4, 0.5) is 4.39 Å². The van der Waals surface area contributed by atoms with Crippen molar-refractivity contribution in [3.63, 3.8) is 0 Å². The number of hydrogen-bond donors (Lipinski definition) is 0. The van der Waals surface area contributed by atoms with E-state index in [2.05, 4.69) is 53.2 Å². The van der Waals surface area contributed by atoms with Crippen molar-refractivity contribution in [2.45, 2.75) is 52.0 Å². The fraction of sp³-hybridized carbons (Fsp3) is 0.367. The molecule has 0 bridgehead atoms. The maximum Gasteiger partial charge on any atom is 0.143 e. The van der Waals surface area contributed by atoms with E-state index >= 15 is 0 Å². The first-order valence-corrected chi connectivity index (χ1v) is 12.9. The molecule has 1 saturated heterocycles. The Morgan fingerprint density at radius 3 is 2.64 bits per heavy atom. The SMILES string of the molecule is CCC1=C2C(=Cc3ccc(-n4cnc(C)c4)c(OC)c3)CCCN2N(C)C(c2ccc(F)cc2)CC1. The van der Waals surface area contributed by atoms with Crippen LogP contribution in [-0.4, -0.2) is 40.3 Å². The van der Waals surface area contributed by atoms with Gasteiger partial charge in [0.1, 0.15) is 11.6 Å². The van der Waals surface area contributed by atoms with Gasteiger partial charge in [-0.25, -0.2) is 14.4 Å². The van der Waals surface area contributed by atoms with E-state index in [9.17, 15) is 4.39 Å². The van der Waals surface area contributed by atoms with Crippen LogP contribution in [0.5, 0.6) is 5.75 Å². The molecule has 0 amide bonds. The first-order valence-electron chi connectivity index (χ1n) is 12.9. The average Bonchev–Trinajstić information content (AvgIpc) is 3.27. The molecule has 0 saturated carbocycles. The number of imidazole rings is 1. The van der Waals surface area contributed by atoms with Gasteiger partial charge in [-0.2, -0.15) is 0 Å². The van der Waals surface area contributed by atoms with Gasteiger partial charge in [0.25, 0.3) is 0 Å². The highest BCUT2D eigenvalue weighted by Crippen LogP contribution is 2.41. The first-order chi connectivity index (χ1) is 17.5. The van der Waals surface area contributed by atoms with Gasteiger partial charge in [0.2, 0.25) is 0 Å². The zero-order valence-corrected chi connectivity index (χ0v) is 21.7. The van der Waals surface area contributed by atoms with Crippen molar-refractivity contribution >= 4 is 6.08 Å². The number of hydrogen-bond acceptors (Lipinski definition) is 4. The van der Waals surface area contributed by atoms with Crippen LogP contribution in [0.15, 0.2) is 71.8 Å². The molecule has 5 nitrogen and oxygen atoms in total. The first kappa shape index (κ1) is 24.3. The van der Waals surface area contributed by atoms with Crippen molar-refractivity contribution in [3.05, 3.63) is 94.5 Å². The fourth-order valence-electron chi connectivity index (χ4n) is 5.63. The molecule has 0 aliphatic carbocycles. The molecule has 2 aliphatic rings. The number of rotatable bonds is 5. The zero-order chi connectivity index (χ0) is 25.2. The van der Waals surface area contributed by atoms with Crippen LogP contribution in [0.25, 0.3) is 11.8 Å². The van der Waals surface area contributed by atoms with Gasteiger partial charge in [-0.05, 0) is 91.6 Å². The van der Waals surface area contributed by atoms with Crippen LogP contribution in [0.1, 0.15) is 61.9 Å². The second kappa shape index (κ2) is 10.3. The van der Waals surface area contributed by atoms with E-state index in [1.54, 1.807) is 19.2 Å². The van der Waals surface area contributed by atoms with E-state index in [-0.39, 0.29) is 11.9 Å². The highest BCUT2D eigenvalue weighted by atomic mass is 19.1. The number of piperidine rings is 1. The minimum absolute atomic E-state index is 0.184. The summed E-state index contributed by atoms with van der Waals surface area (Å²) in [4.78, 5) is 4.36. The van der Waals surface area contributed by atoms with Gasteiger partial charge >= 0.3 is 0 Å². The maximum atomic E-state index is 13.6. The number of benzene rings is 2. The molecule has 1 unspecified atom stereocenters. The van der Waals surface area contributed by atoms with Crippen molar-refractivity contribution in [2.24, 2.45) is 0 Å². The molecule has 2 aliphatic heterocycles. The minimum atomic E-state index is -0.184. The zero-order valence-electron chi connectivity index (χ0n) is 21.7. The molecule has 1 aromatic heterocycles. The third-order valence-corrected chi connectivity index (χ3v) is 7.48. The van der Waals surface area contributed by atoms with Crippen LogP contribution >= 0.6 is 0 Å². The number of methoxy groups -OCH3 is 1. The van der Waals surface area contributed by atoms with Crippen molar-refractivity contribution < 1.29 is 9.13 Å². The highest BCUT2D eigenvalue weighted by molar-refractivity contribution is 5.64. The molecule has 0 N–H and O–H groups in total. The number of ether oxygens (including phenoxy) is 1. The summed E-state index contributed by atoms with van der Waals surface area (Å²) in [7, 11) is 3.90. The van der Waals surface area contributed by atoms with Crippen LogP contribution < -0.4 is 4.74 Å². The predicted octanol–water partition coefficient (Wildman–Crippen LogP) is 6.85. The molecule has 36 heavy (non-hydrogen) atoms. The molecule has 5 rings (SSSR count). The summed E-state index contributed by atoms with van der Waals surface area (Å²) in [5, 5.41) is 4.85. The van der Waals surface area contributed by atoms with E-state index in [0.717, 1.165) is 61.3 Å². The standard InChI is InChI=1S/C30H35FN4O/c1-5-23-11-15-27(24-9-12-26(31)13-10-24)33(3)35-16-6-7-25(30(23)35)17-22-8-14-28(29(18-22)36-4)34-19-21(2)32-20-34/h8-10,12-14,17-20,27H,5-7,11,15-16H2,1-4H3. The summed E-state index contributed by atoms with van der Waals surface area (Å²) in [5.74, 6) is 0.643. The molecule has 188 valence electrons. The Labute approximate surface area is 213 Å². The van der Waals surface area contributed by atoms with Crippen LogP contribution in [0, 0.1) is 12.7 Å². The normalized spacial score (nSPS) is 20.0. The fourth-order valence-corrected chi connectivity index (χ4v) is 5.63. The third kappa shape index (κ3) is 4.70. The summed E-state index contributed by atoms with van der Waals surface area (Å²) >= 11 is 0. The number of halogens is 1. The number of hydrazine groups is 1. The Balaban J connectivity index is 1.50. The van der Waals surface area contributed by atoms with E-state index < -0.39 is 0 Å². The molecule has 2 aromatic carbocycles. The average molecular weight is 487 g/mol. The van der Waals surface area contributed by atoms with E-state index in [0.29, 0.717) is 0 Å². The Hall–Kier alpha value is -3.38. The van der Waals surface area contributed by atoms with Gasteiger partial charge in [0, 0.05) is 19.8 Å². The molecule has 6 heteroatoms. The summed E-state index contributed by atoms with van der Waals surface area (Å²) in [6, 6.07) is 13.6. The quantitative estimate of drug-likeness (QED) is 0.395. The summed E-state index contributed by atoms with van der Waals surface area (Å²) in [6.45, 7) is 5.24. The predicted molar refractivity (Wildman–Crippen MR) is 142 cm³/mol. The number of fused-ring (bicyclic) bond motifs is 1. The summed E-state index contributed by atoms with van der Waals surface area (Å²) < 4.78 is 21.4. The topological polar surface area (TPSA) is 33.5 Å². The molecular formula is C30H35FN4O. The lowest BCUT2D eigenvalue weighted by molar-refractivity contribution is -0.00983. The summed E-state index contributed by atoms with van der Waals surface area (Å²) in [6.07, 6.45) is 11.4. The Bertz CT molecular complexity index is 1290. The smallest absolute Gasteiger partial charge is 0.143 e. The molecule has 0 spiro atoms. The van der Waals surface area contributed by atoms with Gasteiger partial charge in [-0.1, -0.05) is 25.1 Å². The maximum absolute atomic E-state index is 13.6. The number of aryl methyl sites for hydroxylation is 1. The molecule has 1 atom stereocenters. The molecule has 3 heterocycles. The van der Waals surface area contributed by atoms with Crippen molar-refractivity contribution in [2.75, 3.05) is 20.7 Å². The van der Waals surface area contributed by atoms with Crippen molar-refractivity contribution in [1.82, 2.24) is 19.6 Å². The van der Waals surface area contributed by atoms with Gasteiger partial charge in [0.05, 0.1) is 36.6 Å². The number of nitrogens with zero attached hydrogens (tertiary/aromatic N) is 4. The molecule has 0 radical (unpaired) electrons. The Morgan fingerprint density at radius 1 is 1.14 bits per heavy atom. The summed E-state index contributed by atoms with van der Waals surface area (Å²) in [5.41, 5.74) is 8.49. The highest BCUT2D eigenvalue weighted by Gasteiger charge is 2.33.